The fraction of sp³-hybridized carbons (Fsp3) is 0.917. The van der Waals surface area contributed by atoms with E-state index >= 15 is 0 Å². The van der Waals surface area contributed by atoms with Gasteiger partial charge in [0.25, 0.3) is 0 Å². The summed E-state index contributed by atoms with van der Waals surface area (Å²) in [6, 6.07) is 0.508. The first-order valence-corrected chi connectivity index (χ1v) is 6.33. The van der Waals surface area contributed by atoms with Crippen molar-refractivity contribution in [3.8, 4) is 0 Å². The Labute approximate surface area is 93.0 Å². The van der Waals surface area contributed by atoms with Gasteiger partial charge in [0, 0.05) is 19.0 Å². The Morgan fingerprint density at radius 2 is 2.27 bits per heavy atom. The van der Waals surface area contributed by atoms with Gasteiger partial charge in [-0.1, -0.05) is 26.2 Å². The Balaban J connectivity index is 2.00. The number of piperidine rings is 1. The van der Waals surface area contributed by atoms with E-state index in [0.29, 0.717) is 12.5 Å². The molecule has 1 atom stereocenters. The Bertz CT molecular complexity index is 176. The van der Waals surface area contributed by atoms with E-state index < -0.39 is 0 Å². The highest BCUT2D eigenvalue weighted by Crippen LogP contribution is 2.06. The second kappa shape index (κ2) is 7.69. The molecule has 1 unspecified atom stereocenters. The summed E-state index contributed by atoms with van der Waals surface area (Å²) in [6.07, 6.45) is 7.84. The lowest BCUT2D eigenvalue weighted by molar-refractivity contribution is -0.121. The maximum absolute atomic E-state index is 11.4. The Hall–Kier alpha value is -0.570. The lowest BCUT2D eigenvalue weighted by Crippen LogP contribution is -2.43. The van der Waals surface area contributed by atoms with Gasteiger partial charge in [0.05, 0.1) is 0 Å². The first kappa shape index (κ1) is 12.5. The second-order valence-electron chi connectivity index (χ2n) is 4.41. The zero-order chi connectivity index (χ0) is 10.9. The van der Waals surface area contributed by atoms with E-state index in [1.807, 2.05) is 0 Å². The molecular weight excluding hydrogens is 188 g/mol. The van der Waals surface area contributed by atoms with Gasteiger partial charge < -0.3 is 10.6 Å². The fourth-order valence-electron chi connectivity index (χ4n) is 1.96. The van der Waals surface area contributed by atoms with Gasteiger partial charge in [-0.25, -0.2) is 0 Å². The zero-order valence-corrected chi connectivity index (χ0v) is 9.85. The van der Waals surface area contributed by atoms with Crippen molar-refractivity contribution in [2.24, 2.45) is 0 Å². The van der Waals surface area contributed by atoms with Crippen molar-refractivity contribution in [1.82, 2.24) is 10.6 Å². The van der Waals surface area contributed by atoms with Crippen molar-refractivity contribution in [2.45, 2.75) is 57.9 Å². The molecule has 0 radical (unpaired) electrons. The minimum atomic E-state index is 0.218. The molecule has 3 heteroatoms. The first-order valence-electron chi connectivity index (χ1n) is 6.33. The van der Waals surface area contributed by atoms with E-state index in [-0.39, 0.29) is 5.91 Å². The number of hydrogen-bond donors (Lipinski definition) is 2. The summed E-state index contributed by atoms with van der Waals surface area (Å²) in [5.74, 6) is 0.218. The van der Waals surface area contributed by atoms with Crippen LogP contribution >= 0.6 is 0 Å². The standard InChI is InChI=1S/C12H24N2O/c1-2-3-4-8-12(15)14-10-11-7-5-6-9-13-11/h11,13H,2-10H2,1H3,(H,14,15). The fourth-order valence-corrected chi connectivity index (χ4v) is 1.96. The van der Waals surface area contributed by atoms with Crippen molar-refractivity contribution in [2.75, 3.05) is 13.1 Å². The van der Waals surface area contributed by atoms with E-state index in [4.69, 9.17) is 0 Å². The van der Waals surface area contributed by atoms with Crippen LogP contribution in [0.5, 0.6) is 0 Å². The molecule has 0 aromatic carbocycles. The van der Waals surface area contributed by atoms with Gasteiger partial charge in [-0.2, -0.15) is 0 Å². The first-order chi connectivity index (χ1) is 7.33. The highest BCUT2D eigenvalue weighted by Gasteiger charge is 2.12. The average molecular weight is 212 g/mol. The molecule has 1 aliphatic heterocycles. The molecule has 0 aliphatic carbocycles. The summed E-state index contributed by atoms with van der Waals surface area (Å²) >= 11 is 0. The minimum absolute atomic E-state index is 0.218. The molecule has 1 fully saturated rings. The Kier molecular flexibility index (Phi) is 6.41. The van der Waals surface area contributed by atoms with Crippen LogP contribution < -0.4 is 10.6 Å². The molecule has 0 bridgehead atoms. The molecule has 2 N–H and O–H groups in total. The maximum atomic E-state index is 11.4. The zero-order valence-electron chi connectivity index (χ0n) is 9.85. The van der Waals surface area contributed by atoms with Crippen LogP contribution in [0.2, 0.25) is 0 Å². The van der Waals surface area contributed by atoms with E-state index in [1.54, 1.807) is 0 Å². The molecule has 1 saturated heterocycles. The van der Waals surface area contributed by atoms with Crippen LogP contribution in [0.4, 0.5) is 0 Å². The predicted molar refractivity (Wildman–Crippen MR) is 62.8 cm³/mol. The van der Waals surface area contributed by atoms with Crippen LogP contribution in [0.3, 0.4) is 0 Å². The van der Waals surface area contributed by atoms with Crippen LogP contribution in [0, 0.1) is 0 Å². The minimum Gasteiger partial charge on any atom is -0.355 e. The normalized spacial score (nSPS) is 21.3. The molecule has 1 rings (SSSR count). The van der Waals surface area contributed by atoms with Crippen LogP contribution in [0.15, 0.2) is 0 Å². The lowest BCUT2D eigenvalue weighted by atomic mass is 10.1. The molecular formula is C12H24N2O. The molecule has 1 heterocycles. The quantitative estimate of drug-likeness (QED) is 0.659. The van der Waals surface area contributed by atoms with Crippen LogP contribution in [0.25, 0.3) is 0 Å². The van der Waals surface area contributed by atoms with Crippen molar-refractivity contribution in [3.63, 3.8) is 0 Å². The van der Waals surface area contributed by atoms with Crippen LogP contribution in [0.1, 0.15) is 51.9 Å². The van der Waals surface area contributed by atoms with Gasteiger partial charge in [0.15, 0.2) is 0 Å². The largest absolute Gasteiger partial charge is 0.355 e. The van der Waals surface area contributed by atoms with Gasteiger partial charge in [0.1, 0.15) is 0 Å². The Morgan fingerprint density at radius 1 is 1.40 bits per heavy atom. The number of rotatable bonds is 6. The van der Waals surface area contributed by atoms with Crippen LogP contribution in [-0.4, -0.2) is 25.0 Å². The van der Waals surface area contributed by atoms with Crippen molar-refractivity contribution in [3.05, 3.63) is 0 Å². The highest BCUT2D eigenvalue weighted by atomic mass is 16.1. The number of amides is 1. The molecule has 0 saturated carbocycles. The van der Waals surface area contributed by atoms with Crippen molar-refractivity contribution >= 4 is 5.91 Å². The smallest absolute Gasteiger partial charge is 0.220 e. The molecule has 0 aromatic rings. The third-order valence-electron chi connectivity index (χ3n) is 2.97. The molecule has 3 nitrogen and oxygen atoms in total. The summed E-state index contributed by atoms with van der Waals surface area (Å²) in [7, 11) is 0. The summed E-state index contributed by atoms with van der Waals surface area (Å²) in [5, 5.41) is 6.44. The summed E-state index contributed by atoms with van der Waals surface area (Å²) < 4.78 is 0. The molecule has 0 aromatic heterocycles. The van der Waals surface area contributed by atoms with E-state index in [2.05, 4.69) is 17.6 Å². The highest BCUT2D eigenvalue weighted by molar-refractivity contribution is 5.75. The number of unbranched alkanes of at least 4 members (excludes halogenated alkanes) is 2. The van der Waals surface area contributed by atoms with Gasteiger partial charge in [-0.3, -0.25) is 4.79 Å². The third-order valence-corrected chi connectivity index (χ3v) is 2.97. The average Bonchev–Trinajstić information content (AvgIpc) is 2.28. The third kappa shape index (κ3) is 5.78. The second-order valence-corrected chi connectivity index (χ2v) is 4.41. The summed E-state index contributed by atoms with van der Waals surface area (Å²) in [6.45, 7) is 4.07. The van der Waals surface area contributed by atoms with E-state index in [0.717, 1.165) is 25.9 Å². The monoisotopic (exact) mass is 212 g/mol. The van der Waals surface area contributed by atoms with Gasteiger partial charge in [-0.05, 0) is 25.8 Å². The van der Waals surface area contributed by atoms with Crippen molar-refractivity contribution in [1.29, 1.82) is 0 Å². The van der Waals surface area contributed by atoms with Gasteiger partial charge in [-0.15, -0.1) is 0 Å². The lowest BCUT2D eigenvalue weighted by Gasteiger charge is -2.23. The van der Waals surface area contributed by atoms with Crippen LogP contribution in [-0.2, 0) is 4.79 Å². The number of carbonyl (C=O) groups is 1. The van der Waals surface area contributed by atoms with Crippen molar-refractivity contribution < 1.29 is 4.79 Å². The van der Waals surface area contributed by atoms with Gasteiger partial charge in [0.2, 0.25) is 5.91 Å². The molecule has 15 heavy (non-hydrogen) atoms. The van der Waals surface area contributed by atoms with Gasteiger partial charge >= 0.3 is 0 Å². The number of carbonyl (C=O) groups excluding carboxylic acids is 1. The number of nitrogens with one attached hydrogen (secondary N) is 2. The molecule has 88 valence electrons. The van der Waals surface area contributed by atoms with E-state index in [9.17, 15) is 4.79 Å². The molecule has 0 spiro atoms. The topological polar surface area (TPSA) is 41.1 Å². The van der Waals surface area contributed by atoms with E-state index in [1.165, 1.54) is 25.7 Å². The Morgan fingerprint density at radius 3 is 2.93 bits per heavy atom. The molecule has 1 aliphatic rings. The summed E-state index contributed by atoms with van der Waals surface area (Å²) in [4.78, 5) is 11.4. The molecule has 1 amide bonds. The summed E-state index contributed by atoms with van der Waals surface area (Å²) in [5.41, 5.74) is 0. The maximum Gasteiger partial charge on any atom is 0.220 e. The SMILES string of the molecule is CCCCCC(=O)NCC1CCCCN1. The number of hydrogen-bond acceptors (Lipinski definition) is 2. The predicted octanol–water partition coefficient (Wildman–Crippen LogP) is 1.82.